The molecule has 0 saturated carbocycles. The lowest BCUT2D eigenvalue weighted by atomic mass is 10.1. The standard InChI is InChI=1S/C26H27N3O3/c1-19-13-20(2)15-24(14-19)31-12-11-28(3)26(30)21-7-6-8-23(16-21)32-18-22-17-29-10-5-4-9-25(29)27-22/h4-10,13-17H,11-12,18H2,1-3H3. The average molecular weight is 430 g/mol. The molecule has 6 heteroatoms. The summed E-state index contributed by atoms with van der Waals surface area (Å²) in [4.78, 5) is 19.0. The molecule has 2 aromatic carbocycles. The van der Waals surface area contributed by atoms with Gasteiger partial charge in [-0.05, 0) is 67.4 Å². The van der Waals surface area contributed by atoms with Crippen LogP contribution >= 0.6 is 0 Å². The van der Waals surface area contributed by atoms with Gasteiger partial charge < -0.3 is 18.8 Å². The van der Waals surface area contributed by atoms with E-state index in [1.165, 1.54) is 0 Å². The van der Waals surface area contributed by atoms with Crippen molar-refractivity contribution in [3.05, 3.63) is 95.4 Å². The fraction of sp³-hybridized carbons (Fsp3) is 0.231. The number of fused-ring (bicyclic) bond motifs is 1. The van der Waals surface area contributed by atoms with Crippen molar-refractivity contribution in [1.29, 1.82) is 0 Å². The lowest BCUT2D eigenvalue weighted by Gasteiger charge is -2.18. The van der Waals surface area contributed by atoms with Gasteiger partial charge in [0.1, 0.15) is 30.4 Å². The Morgan fingerprint density at radius 2 is 1.78 bits per heavy atom. The van der Waals surface area contributed by atoms with Gasteiger partial charge in [0.05, 0.1) is 12.2 Å². The maximum Gasteiger partial charge on any atom is 0.253 e. The molecule has 2 aromatic heterocycles. The van der Waals surface area contributed by atoms with Gasteiger partial charge >= 0.3 is 0 Å². The molecule has 0 aliphatic rings. The van der Waals surface area contributed by atoms with Crippen LogP contribution in [-0.2, 0) is 6.61 Å². The summed E-state index contributed by atoms with van der Waals surface area (Å²) in [6.45, 7) is 5.32. The van der Waals surface area contributed by atoms with Crippen molar-refractivity contribution < 1.29 is 14.3 Å². The third kappa shape index (κ3) is 5.27. The molecule has 0 N–H and O–H groups in total. The van der Waals surface area contributed by atoms with Gasteiger partial charge in [0.25, 0.3) is 5.91 Å². The summed E-state index contributed by atoms with van der Waals surface area (Å²) >= 11 is 0. The van der Waals surface area contributed by atoms with Crippen LogP contribution in [0.5, 0.6) is 11.5 Å². The zero-order valence-corrected chi connectivity index (χ0v) is 18.6. The number of aryl methyl sites for hydroxylation is 2. The molecule has 164 valence electrons. The SMILES string of the molecule is Cc1cc(C)cc(OCCN(C)C(=O)c2cccc(OCc3cn4ccccc4n3)c2)c1. The number of benzene rings is 2. The molecule has 0 aliphatic heterocycles. The number of carbonyl (C=O) groups is 1. The van der Waals surface area contributed by atoms with Gasteiger partial charge in [-0.25, -0.2) is 4.98 Å². The summed E-state index contributed by atoms with van der Waals surface area (Å²) in [5.74, 6) is 1.38. The summed E-state index contributed by atoms with van der Waals surface area (Å²) in [5.41, 5.74) is 4.59. The molecule has 0 saturated heterocycles. The Kier molecular flexibility index (Phi) is 6.40. The number of ether oxygens (including phenoxy) is 2. The molecule has 0 bridgehead atoms. The van der Waals surface area contributed by atoms with Crippen molar-refractivity contribution in [2.45, 2.75) is 20.5 Å². The number of rotatable bonds is 8. The van der Waals surface area contributed by atoms with Gasteiger partial charge in [-0.15, -0.1) is 0 Å². The van der Waals surface area contributed by atoms with E-state index < -0.39 is 0 Å². The Morgan fingerprint density at radius 3 is 2.56 bits per heavy atom. The molecule has 6 nitrogen and oxygen atoms in total. The highest BCUT2D eigenvalue weighted by atomic mass is 16.5. The van der Waals surface area contributed by atoms with Crippen molar-refractivity contribution in [3.8, 4) is 11.5 Å². The Hall–Kier alpha value is -3.80. The van der Waals surface area contributed by atoms with Crippen molar-refractivity contribution in [1.82, 2.24) is 14.3 Å². The number of imidazole rings is 1. The fourth-order valence-electron chi connectivity index (χ4n) is 3.57. The van der Waals surface area contributed by atoms with Crippen molar-refractivity contribution in [3.63, 3.8) is 0 Å². The van der Waals surface area contributed by atoms with Gasteiger partial charge in [0.2, 0.25) is 0 Å². The van der Waals surface area contributed by atoms with E-state index in [4.69, 9.17) is 9.47 Å². The maximum absolute atomic E-state index is 12.8. The van der Waals surface area contributed by atoms with E-state index in [1.807, 2.05) is 73.1 Å². The first-order valence-electron chi connectivity index (χ1n) is 10.6. The molecule has 0 spiro atoms. The number of hydrogen-bond donors (Lipinski definition) is 0. The number of amides is 1. The van der Waals surface area contributed by atoms with E-state index in [-0.39, 0.29) is 5.91 Å². The average Bonchev–Trinajstić information content (AvgIpc) is 3.20. The molecule has 0 aliphatic carbocycles. The second-order valence-electron chi connectivity index (χ2n) is 7.91. The Bertz CT molecular complexity index is 1180. The van der Waals surface area contributed by atoms with Crippen LogP contribution < -0.4 is 9.47 Å². The second-order valence-corrected chi connectivity index (χ2v) is 7.91. The zero-order chi connectivity index (χ0) is 22.5. The number of aromatic nitrogens is 2. The van der Waals surface area contributed by atoms with E-state index in [1.54, 1.807) is 24.1 Å². The number of carbonyl (C=O) groups excluding carboxylic acids is 1. The van der Waals surface area contributed by atoms with Crippen LogP contribution in [0.2, 0.25) is 0 Å². The van der Waals surface area contributed by atoms with E-state index in [0.717, 1.165) is 28.2 Å². The number of hydrogen-bond acceptors (Lipinski definition) is 4. The predicted octanol–water partition coefficient (Wildman–Crippen LogP) is 4.68. The zero-order valence-electron chi connectivity index (χ0n) is 18.6. The monoisotopic (exact) mass is 429 g/mol. The van der Waals surface area contributed by atoms with Crippen LogP contribution in [0.4, 0.5) is 0 Å². The first kappa shape index (κ1) is 21.4. The molecule has 0 atom stereocenters. The molecule has 4 aromatic rings. The molecular weight excluding hydrogens is 402 g/mol. The molecule has 4 rings (SSSR count). The van der Waals surface area contributed by atoms with Crippen LogP contribution in [0.25, 0.3) is 5.65 Å². The summed E-state index contributed by atoms with van der Waals surface area (Å²) in [6, 6.07) is 19.2. The van der Waals surface area contributed by atoms with E-state index in [9.17, 15) is 4.79 Å². The Labute approximate surface area is 188 Å². The molecule has 1 amide bonds. The normalized spacial score (nSPS) is 10.8. The summed E-state index contributed by atoms with van der Waals surface area (Å²) in [5, 5.41) is 0. The summed E-state index contributed by atoms with van der Waals surface area (Å²) < 4.78 is 13.7. The second kappa shape index (κ2) is 9.56. The van der Waals surface area contributed by atoms with Gasteiger partial charge in [-0.3, -0.25) is 4.79 Å². The first-order chi connectivity index (χ1) is 15.5. The fourth-order valence-corrected chi connectivity index (χ4v) is 3.57. The first-order valence-corrected chi connectivity index (χ1v) is 10.6. The molecule has 0 fully saturated rings. The highest BCUT2D eigenvalue weighted by molar-refractivity contribution is 5.94. The quantitative estimate of drug-likeness (QED) is 0.408. The van der Waals surface area contributed by atoms with Gasteiger partial charge in [0, 0.05) is 25.0 Å². The molecular formula is C26H27N3O3. The van der Waals surface area contributed by atoms with E-state index in [0.29, 0.717) is 31.1 Å². The lowest BCUT2D eigenvalue weighted by molar-refractivity contribution is 0.0773. The van der Waals surface area contributed by atoms with Gasteiger partial charge in [-0.2, -0.15) is 0 Å². The Balaban J connectivity index is 1.32. The maximum atomic E-state index is 12.8. The van der Waals surface area contributed by atoms with Crippen LogP contribution in [0.1, 0.15) is 27.2 Å². The van der Waals surface area contributed by atoms with Crippen LogP contribution in [0.15, 0.2) is 73.1 Å². The topological polar surface area (TPSA) is 56.1 Å². The van der Waals surface area contributed by atoms with Crippen molar-refractivity contribution >= 4 is 11.6 Å². The number of nitrogens with zero attached hydrogens (tertiary/aromatic N) is 3. The Morgan fingerprint density at radius 1 is 0.969 bits per heavy atom. The van der Waals surface area contributed by atoms with E-state index in [2.05, 4.69) is 11.1 Å². The van der Waals surface area contributed by atoms with Crippen molar-refractivity contribution in [2.24, 2.45) is 0 Å². The van der Waals surface area contributed by atoms with Crippen LogP contribution in [0.3, 0.4) is 0 Å². The third-order valence-corrected chi connectivity index (χ3v) is 5.12. The number of likely N-dealkylation sites (N-methyl/N-ethyl adjacent to an activating group) is 1. The van der Waals surface area contributed by atoms with Crippen molar-refractivity contribution in [2.75, 3.05) is 20.2 Å². The third-order valence-electron chi connectivity index (χ3n) is 5.12. The van der Waals surface area contributed by atoms with Crippen LogP contribution in [0, 0.1) is 13.8 Å². The largest absolute Gasteiger partial charge is 0.492 e. The summed E-state index contributed by atoms with van der Waals surface area (Å²) in [6.07, 6.45) is 3.89. The minimum absolute atomic E-state index is 0.0767. The van der Waals surface area contributed by atoms with Gasteiger partial charge in [0.15, 0.2) is 0 Å². The molecule has 32 heavy (non-hydrogen) atoms. The highest BCUT2D eigenvalue weighted by Gasteiger charge is 2.13. The van der Waals surface area contributed by atoms with Gasteiger partial charge in [-0.1, -0.05) is 18.2 Å². The minimum Gasteiger partial charge on any atom is -0.492 e. The molecule has 0 unspecified atom stereocenters. The molecule has 0 radical (unpaired) electrons. The van der Waals surface area contributed by atoms with Crippen LogP contribution in [-0.4, -0.2) is 40.4 Å². The highest BCUT2D eigenvalue weighted by Crippen LogP contribution is 2.18. The lowest BCUT2D eigenvalue weighted by Crippen LogP contribution is -2.30. The minimum atomic E-state index is -0.0767. The molecule has 2 heterocycles. The smallest absolute Gasteiger partial charge is 0.253 e. The number of pyridine rings is 1. The predicted molar refractivity (Wildman–Crippen MR) is 124 cm³/mol. The van der Waals surface area contributed by atoms with E-state index >= 15 is 0 Å². The summed E-state index contributed by atoms with van der Waals surface area (Å²) in [7, 11) is 1.78.